The molecule has 0 rings (SSSR count). The molecule has 222 valence electrons. The van der Waals surface area contributed by atoms with Gasteiger partial charge < -0.3 is 57.7 Å². The third kappa shape index (κ3) is 35.0. The van der Waals surface area contributed by atoms with Crippen LogP contribution in [0.2, 0.25) is 0 Å². The molecule has 0 aromatic heterocycles. The Labute approximate surface area is 225 Å². The second-order valence-electron chi connectivity index (χ2n) is 8.53. The Morgan fingerprint density at radius 2 is 0.703 bits per heavy atom. The first-order valence-corrected chi connectivity index (χ1v) is 14.1. The number of rotatable bonds is 33. The molecular weight excluding hydrogens is 476 g/mol. The normalized spacial score (nSPS) is 11.4. The molecule has 11 N–H and O–H groups in total. The van der Waals surface area contributed by atoms with Crippen LogP contribution in [0.25, 0.3) is 0 Å². The van der Waals surface area contributed by atoms with Crippen LogP contribution in [0.5, 0.6) is 0 Å². The van der Waals surface area contributed by atoms with Crippen LogP contribution in [-0.2, 0) is 9.53 Å². The summed E-state index contributed by atoms with van der Waals surface area (Å²) in [5.41, 5.74) is 0. The molecule has 0 amide bonds. The lowest BCUT2D eigenvalue weighted by molar-refractivity contribution is -0.136. The molecule has 0 bridgehead atoms. The summed E-state index contributed by atoms with van der Waals surface area (Å²) < 4.78 is 5.22. The van der Waals surface area contributed by atoms with Crippen LogP contribution in [-0.4, -0.2) is 149 Å². The minimum absolute atomic E-state index is 0.173. The standard InChI is InChI=1S/C24H58N10O3/c1-2-37-23-34-22-21-33-20-19-32-18-17-31-16-15-30-14-13-29-12-11-28-10-9-27-8-7-26-6-5-25-4-3-24(35)36/h25-34H,2-23H2,1H3,(H,35,36). The summed E-state index contributed by atoms with van der Waals surface area (Å²) in [6.45, 7) is 21.0. The van der Waals surface area contributed by atoms with Gasteiger partial charge in [0.05, 0.1) is 13.2 Å². The summed E-state index contributed by atoms with van der Waals surface area (Å²) in [7, 11) is 0. The van der Waals surface area contributed by atoms with Crippen molar-refractivity contribution in [2.45, 2.75) is 13.3 Å². The molecule has 0 aliphatic rings. The zero-order chi connectivity index (χ0) is 26.9. The highest BCUT2D eigenvalue weighted by Crippen LogP contribution is 1.74. The van der Waals surface area contributed by atoms with Gasteiger partial charge in [0.15, 0.2) is 0 Å². The summed E-state index contributed by atoms with van der Waals surface area (Å²) in [5, 5.41) is 42.2. The topological polar surface area (TPSA) is 167 Å². The maximum Gasteiger partial charge on any atom is 0.304 e. The predicted molar refractivity (Wildman–Crippen MR) is 153 cm³/mol. The van der Waals surface area contributed by atoms with Gasteiger partial charge in [0, 0.05) is 131 Å². The van der Waals surface area contributed by atoms with E-state index in [4.69, 9.17) is 9.84 Å². The van der Waals surface area contributed by atoms with E-state index in [2.05, 4.69) is 53.2 Å². The quantitative estimate of drug-likeness (QED) is 0.0295. The van der Waals surface area contributed by atoms with Crippen molar-refractivity contribution >= 4 is 5.97 Å². The largest absolute Gasteiger partial charge is 0.481 e. The van der Waals surface area contributed by atoms with Gasteiger partial charge in [-0.2, -0.15) is 0 Å². The van der Waals surface area contributed by atoms with Gasteiger partial charge in [-0.25, -0.2) is 0 Å². The molecule has 0 radical (unpaired) electrons. The third-order valence-electron chi connectivity index (χ3n) is 5.23. The van der Waals surface area contributed by atoms with Crippen molar-refractivity contribution < 1.29 is 14.6 Å². The number of nitrogens with one attached hydrogen (secondary N) is 10. The fraction of sp³-hybridized carbons (Fsp3) is 0.958. The Balaban J connectivity index is 3.02. The Hall–Kier alpha value is -0.970. The van der Waals surface area contributed by atoms with E-state index >= 15 is 0 Å². The highest BCUT2D eigenvalue weighted by atomic mass is 16.5. The first kappa shape index (κ1) is 36.0. The summed E-state index contributed by atoms with van der Waals surface area (Å²) in [6.07, 6.45) is 0.173. The first-order valence-electron chi connectivity index (χ1n) is 14.1. The molecule has 0 saturated carbocycles. The van der Waals surface area contributed by atoms with Crippen molar-refractivity contribution in [3.63, 3.8) is 0 Å². The molecule has 0 atom stereocenters. The number of aliphatic carboxylic acids is 1. The van der Waals surface area contributed by atoms with Gasteiger partial charge in [0.1, 0.15) is 0 Å². The maximum absolute atomic E-state index is 10.4. The molecule has 0 fully saturated rings. The SMILES string of the molecule is CCOCNCCNCCNCCNCCNCCNCCNCCNCCNCCNCCC(=O)O. The van der Waals surface area contributed by atoms with Gasteiger partial charge >= 0.3 is 5.97 Å². The monoisotopic (exact) mass is 534 g/mol. The summed E-state index contributed by atoms with van der Waals surface area (Å²) in [6, 6.07) is 0. The van der Waals surface area contributed by atoms with E-state index in [1.165, 1.54) is 0 Å². The summed E-state index contributed by atoms with van der Waals surface area (Å²) >= 11 is 0. The Morgan fingerprint density at radius 3 is 0.946 bits per heavy atom. The molecule has 0 aromatic rings. The Kier molecular flexibility index (Phi) is 32.2. The second kappa shape index (κ2) is 33.1. The lowest BCUT2D eigenvalue weighted by Crippen LogP contribution is -2.38. The minimum atomic E-state index is -0.761. The molecule has 0 saturated heterocycles. The van der Waals surface area contributed by atoms with Gasteiger partial charge in [0.25, 0.3) is 0 Å². The van der Waals surface area contributed by atoms with Crippen LogP contribution in [0.3, 0.4) is 0 Å². The molecule has 0 aliphatic carbocycles. The van der Waals surface area contributed by atoms with E-state index in [1.54, 1.807) is 0 Å². The van der Waals surface area contributed by atoms with Crippen LogP contribution in [0.1, 0.15) is 13.3 Å². The van der Waals surface area contributed by atoms with Gasteiger partial charge in [-0.15, -0.1) is 0 Å². The van der Waals surface area contributed by atoms with Crippen molar-refractivity contribution in [3.8, 4) is 0 Å². The molecule has 13 nitrogen and oxygen atoms in total. The van der Waals surface area contributed by atoms with Crippen LogP contribution < -0.4 is 53.2 Å². The van der Waals surface area contributed by atoms with E-state index in [-0.39, 0.29) is 6.42 Å². The van der Waals surface area contributed by atoms with Crippen molar-refractivity contribution in [3.05, 3.63) is 0 Å². The average molecular weight is 535 g/mol. The fourth-order valence-corrected chi connectivity index (χ4v) is 3.16. The summed E-state index contributed by atoms with van der Waals surface area (Å²) in [5.74, 6) is -0.761. The van der Waals surface area contributed by atoms with Crippen molar-refractivity contribution in [2.24, 2.45) is 0 Å². The molecule has 37 heavy (non-hydrogen) atoms. The molecule has 0 spiro atoms. The lowest BCUT2D eigenvalue weighted by Gasteiger charge is -2.10. The van der Waals surface area contributed by atoms with E-state index < -0.39 is 5.97 Å². The van der Waals surface area contributed by atoms with E-state index in [9.17, 15) is 4.79 Å². The minimum Gasteiger partial charge on any atom is -0.481 e. The number of carboxylic acid groups (broad SMARTS) is 1. The van der Waals surface area contributed by atoms with Crippen LogP contribution in [0, 0.1) is 0 Å². The van der Waals surface area contributed by atoms with E-state index in [1.807, 2.05) is 6.92 Å². The van der Waals surface area contributed by atoms with Crippen LogP contribution in [0.15, 0.2) is 0 Å². The number of hydrogen-bond acceptors (Lipinski definition) is 12. The molecular formula is C24H58N10O3. The van der Waals surface area contributed by atoms with Crippen LogP contribution >= 0.6 is 0 Å². The van der Waals surface area contributed by atoms with Gasteiger partial charge in [-0.1, -0.05) is 0 Å². The van der Waals surface area contributed by atoms with Crippen molar-refractivity contribution in [1.82, 2.24) is 53.2 Å². The molecule has 0 aromatic carbocycles. The Morgan fingerprint density at radius 1 is 0.459 bits per heavy atom. The number of ether oxygens (including phenoxy) is 1. The van der Waals surface area contributed by atoms with E-state index in [0.717, 1.165) is 124 Å². The zero-order valence-electron chi connectivity index (χ0n) is 23.3. The molecule has 0 unspecified atom stereocenters. The Bertz CT molecular complexity index is 453. The predicted octanol–water partition coefficient (Wildman–Crippen LogP) is -3.65. The van der Waals surface area contributed by atoms with E-state index in [0.29, 0.717) is 13.3 Å². The summed E-state index contributed by atoms with van der Waals surface area (Å²) in [4.78, 5) is 10.4. The maximum atomic E-state index is 10.4. The van der Waals surface area contributed by atoms with Crippen molar-refractivity contribution in [1.29, 1.82) is 0 Å². The van der Waals surface area contributed by atoms with Gasteiger partial charge in [-0.05, 0) is 6.92 Å². The molecule has 0 heterocycles. The smallest absolute Gasteiger partial charge is 0.304 e. The highest BCUT2D eigenvalue weighted by Gasteiger charge is 1.95. The first-order chi connectivity index (χ1) is 18.3. The van der Waals surface area contributed by atoms with Crippen molar-refractivity contribution in [2.75, 3.05) is 138 Å². The highest BCUT2D eigenvalue weighted by molar-refractivity contribution is 5.66. The number of carboxylic acids is 1. The van der Waals surface area contributed by atoms with Gasteiger partial charge in [0.2, 0.25) is 0 Å². The fourth-order valence-electron chi connectivity index (χ4n) is 3.16. The lowest BCUT2D eigenvalue weighted by atomic mass is 10.4. The van der Waals surface area contributed by atoms with Crippen LogP contribution in [0.4, 0.5) is 0 Å². The zero-order valence-corrected chi connectivity index (χ0v) is 23.3. The molecule has 13 heteroatoms. The number of hydrogen-bond donors (Lipinski definition) is 11. The average Bonchev–Trinajstić information content (AvgIpc) is 2.89. The second-order valence-corrected chi connectivity index (χ2v) is 8.53. The molecule has 0 aliphatic heterocycles. The van der Waals surface area contributed by atoms with Gasteiger partial charge in [-0.3, -0.25) is 10.1 Å². The third-order valence-corrected chi connectivity index (χ3v) is 5.23. The number of carbonyl (C=O) groups is 1.